The number of thioether (sulfide) groups is 1. The normalized spacial score (nSPS) is 10.6. The van der Waals surface area contributed by atoms with Gasteiger partial charge in [-0.2, -0.15) is 0 Å². The molecule has 0 aliphatic heterocycles. The number of nitrogens with zero attached hydrogens (tertiary/aromatic N) is 3. The van der Waals surface area contributed by atoms with Gasteiger partial charge in [-0.3, -0.25) is 14.7 Å². The summed E-state index contributed by atoms with van der Waals surface area (Å²) < 4.78 is 1.91. The van der Waals surface area contributed by atoms with Crippen LogP contribution in [0.2, 0.25) is 5.02 Å². The summed E-state index contributed by atoms with van der Waals surface area (Å²) in [5.74, 6) is 0.209. The molecule has 0 fully saturated rings. The predicted molar refractivity (Wildman–Crippen MR) is 134 cm³/mol. The van der Waals surface area contributed by atoms with Gasteiger partial charge < -0.3 is 5.32 Å². The fourth-order valence-electron chi connectivity index (χ4n) is 3.30. The van der Waals surface area contributed by atoms with Gasteiger partial charge in [0.15, 0.2) is 11.0 Å². The van der Waals surface area contributed by atoms with E-state index in [2.05, 4.69) is 20.8 Å². The second-order valence-corrected chi connectivity index (χ2v) is 8.82. The monoisotopic (exact) mass is 491 g/mol. The number of hydrogen-bond donors (Lipinski definition) is 2. The maximum absolute atomic E-state index is 12.4. The maximum atomic E-state index is 12.4. The van der Waals surface area contributed by atoms with Crippen LogP contribution in [-0.4, -0.2) is 32.5 Å². The van der Waals surface area contributed by atoms with Crippen molar-refractivity contribution in [2.75, 3.05) is 5.75 Å². The van der Waals surface area contributed by atoms with Crippen molar-refractivity contribution in [2.24, 2.45) is 0 Å². The SMILES string of the molecule is Cc1ccccc1-n1c(SCC(=O)NC(=O)NCc2ccccc2)nnc1-c1ccc(Cl)cc1. The number of carbonyl (C=O) groups excluding carboxylic acids is 2. The smallest absolute Gasteiger partial charge is 0.321 e. The largest absolute Gasteiger partial charge is 0.334 e. The zero-order valence-electron chi connectivity index (χ0n) is 18.4. The van der Waals surface area contributed by atoms with E-state index in [-0.39, 0.29) is 5.75 Å². The number of para-hydroxylation sites is 1. The minimum atomic E-state index is -0.545. The molecule has 4 rings (SSSR count). The first-order chi connectivity index (χ1) is 16.5. The molecule has 34 heavy (non-hydrogen) atoms. The minimum absolute atomic E-state index is 0.00336. The summed E-state index contributed by atoms with van der Waals surface area (Å²) in [5.41, 5.74) is 3.72. The second kappa shape index (κ2) is 11.0. The summed E-state index contributed by atoms with van der Waals surface area (Å²) in [6.07, 6.45) is 0. The topological polar surface area (TPSA) is 88.9 Å². The number of halogens is 1. The first kappa shape index (κ1) is 23.5. The van der Waals surface area contributed by atoms with Crippen molar-refractivity contribution in [3.05, 3.63) is 95.0 Å². The molecule has 3 aromatic carbocycles. The first-order valence-corrected chi connectivity index (χ1v) is 11.9. The van der Waals surface area contributed by atoms with E-state index in [1.54, 1.807) is 12.1 Å². The molecule has 1 heterocycles. The lowest BCUT2D eigenvalue weighted by Gasteiger charge is -2.13. The van der Waals surface area contributed by atoms with Crippen LogP contribution in [0, 0.1) is 6.92 Å². The van der Waals surface area contributed by atoms with E-state index in [9.17, 15) is 9.59 Å². The molecule has 7 nitrogen and oxygen atoms in total. The molecule has 3 amide bonds. The molecular formula is C25H22ClN5O2S. The van der Waals surface area contributed by atoms with Crippen molar-refractivity contribution >= 4 is 35.3 Å². The van der Waals surface area contributed by atoms with Crippen molar-refractivity contribution in [2.45, 2.75) is 18.6 Å². The van der Waals surface area contributed by atoms with Gasteiger partial charge in [0.05, 0.1) is 11.4 Å². The van der Waals surface area contributed by atoms with E-state index in [1.165, 1.54) is 11.8 Å². The predicted octanol–water partition coefficient (Wildman–Crippen LogP) is 5.01. The average molecular weight is 492 g/mol. The molecule has 0 saturated heterocycles. The van der Waals surface area contributed by atoms with E-state index < -0.39 is 11.9 Å². The first-order valence-electron chi connectivity index (χ1n) is 10.5. The number of rotatable bonds is 7. The molecule has 9 heteroatoms. The Bertz CT molecular complexity index is 1290. The highest BCUT2D eigenvalue weighted by Gasteiger charge is 2.19. The fourth-order valence-corrected chi connectivity index (χ4v) is 4.17. The van der Waals surface area contributed by atoms with Crippen LogP contribution in [-0.2, 0) is 11.3 Å². The summed E-state index contributed by atoms with van der Waals surface area (Å²) in [4.78, 5) is 24.5. The Labute approximate surface area is 206 Å². The van der Waals surface area contributed by atoms with Crippen molar-refractivity contribution in [3.63, 3.8) is 0 Å². The summed E-state index contributed by atoms with van der Waals surface area (Å²) in [7, 11) is 0. The standard InChI is InChI=1S/C25H22ClN5O2S/c1-17-7-5-6-10-21(17)31-23(19-11-13-20(26)14-12-19)29-30-25(31)34-16-22(32)28-24(33)27-15-18-8-3-2-4-9-18/h2-14H,15-16H2,1H3,(H2,27,28,32,33). The average Bonchev–Trinajstić information content (AvgIpc) is 3.26. The Kier molecular flexibility index (Phi) is 7.61. The van der Waals surface area contributed by atoms with Crippen LogP contribution in [0.5, 0.6) is 0 Å². The number of aromatic nitrogens is 3. The van der Waals surface area contributed by atoms with Crippen LogP contribution in [0.15, 0.2) is 84.0 Å². The lowest BCUT2D eigenvalue weighted by molar-refractivity contribution is -0.117. The Morgan fingerprint density at radius 3 is 2.38 bits per heavy atom. The molecule has 0 aliphatic carbocycles. The zero-order valence-corrected chi connectivity index (χ0v) is 19.9. The fraction of sp³-hybridized carbons (Fsp3) is 0.120. The van der Waals surface area contributed by atoms with Gasteiger partial charge in [-0.15, -0.1) is 10.2 Å². The van der Waals surface area contributed by atoms with Gasteiger partial charge in [0.2, 0.25) is 5.91 Å². The number of imide groups is 1. The van der Waals surface area contributed by atoms with Gasteiger partial charge in [-0.1, -0.05) is 71.9 Å². The summed E-state index contributed by atoms with van der Waals surface area (Å²) in [6, 6.07) is 24.1. The molecule has 0 radical (unpaired) electrons. The highest BCUT2D eigenvalue weighted by molar-refractivity contribution is 7.99. The molecule has 0 saturated carbocycles. The Morgan fingerprint density at radius 1 is 0.941 bits per heavy atom. The van der Waals surface area contributed by atoms with Crippen LogP contribution < -0.4 is 10.6 Å². The molecule has 0 aliphatic rings. The summed E-state index contributed by atoms with van der Waals surface area (Å²) in [5, 5.41) is 14.9. The lowest BCUT2D eigenvalue weighted by atomic mass is 10.1. The van der Waals surface area contributed by atoms with Gasteiger partial charge in [-0.25, -0.2) is 4.79 Å². The van der Waals surface area contributed by atoms with Gasteiger partial charge in [0.1, 0.15) is 0 Å². The quantitative estimate of drug-likeness (QED) is 0.354. The molecule has 4 aromatic rings. The number of nitrogens with one attached hydrogen (secondary N) is 2. The third kappa shape index (κ3) is 5.84. The molecule has 0 spiro atoms. The zero-order chi connectivity index (χ0) is 23.9. The van der Waals surface area contributed by atoms with Crippen LogP contribution in [0.25, 0.3) is 17.1 Å². The molecule has 0 atom stereocenters. The van der Waals surface area contributed by atoms with E-state index in [0.717, 1.165) is 22.4 Å². The van der Waals surface area contributed by atoms with Gasteiger partial charge in [0, 0.05) is 17.1 Å². The maximum Gasteiger partial charge on any atom is 0.321 e. The molecule has 172 valence electrons. The highest BCUT2D eigenvalue weighted by Crippen LogP contribution is 2.30. The Balaban J connectivity index is 1.47. The van der Waals surface area contributed by atoms with Crippen LogP contribution in [0.3, 0.4) is 0 Å². The number of amides is 3. The van der Waals surface area contributed by atoms with E-state index in [0.29, 0.717) is 22.5 Å². The van der Waals surface area contributed by atoms with Crippen molar-refractivity contribution in [3.8, 4) is 17.1 Å². The Morgan fingerprint density at radius 2 is 1.65 bits per heavy atom. The second-order valence-electron chi connectivity index (χ2n) is 7.44. The number of urea groups is 1. The molecular weight excluding hydrogens is 470 g/mol. The van der Waals surface area contributed by atoms with Crippen molar-refractivity contribution in [1.29, 1.82) is 0 Å². The summed E-state index contributed by atoms with van der Waals surface area (Å²) in [6.45, 7) is 2.33. The highest BCUT2D eigenvalue weighted by atomic mass is 35.5. The van der Waals surface area contributed by atoms with E-state index in [1.807, 2.05) is 78.2 Å². The van der Waals surface area contributed by atoms with Crippen LogP contribution in [0.4, 0.5) is 4.79 Å². The third-order valence-corrected chi connectivity index (χ3v) is 6.15. The van der Waals surface area contributed by atoms with Gasteiger partial charge in [0.25, 0.3) is 0 Å². The van der Waals surface area contributed by atoms with E-state index >= 15 is 0 Å². The molecule has 0 bridgehead atoms. The molecule has 1 aromatic heterocycles. The minimum Gasteiger partial charge on any atom is -0.334 e. The van der Waals surface area contributed by atoms with Crippen LogP contribution in [0.1, 0.15) is 11.1 Å². The van der Waals surface area contributed by atoms with Crippen molar-refractivity contribution < 1.29 is 9.59 Å². The number of benzene rings is 3. The van der Waals surface area contributed by atoms with Crippen molar-refractivity contribution in [1.82, 2.24) is 25.4 Å². The summed E-state index contributed by atoms with van der Waals surface area (Å²) >= 11 is 7.25. The number of hydrogen-bond acceptors (Lipinski definition) is 5. The van der Waals surface area contributed by atoms with Gasteiger partial charge >= 0.3 is 6.03 Å². The number of carbonyl (C=O) groups is 2. The lowest BCUT2D eigenvalue weighted by Crippen LogP contribution is -2.40. The van der Waals surface area contributed by atoms with Crippen LogP contribution >= 0.6 is 23.4 Å². The number of aryl methyl sites for hydroxylation is 1. The Hall–Kier alpha value is -3.62. The van der Waals surface area contributed by atoms with E-state index in [4.69, 9.17) is 11.6 Å². The van der Waals surface area contributed by atoms with Gasteiger partial charge in [-0.05, 0) is 48.4 Å². The molecule has 0 unspecified atom stereocenters. The third-order valence-electron chi connectivity index (χ3n) is 4.97. The molecule has 2 N–H and O–H groups in total.